The summed E-state index contributed by atoms with van der Waals surface area (Å²) in [5.74, 6) is 0.142. The molecule has 1 atom stereocenters. The largest absolute Gasteiger partial charge is 0.417 e. The van der Waals surface area contributed by atoms with Crippen LogP contribution in [-0.4, -0.2) is 39.0 Å². The standard InChI is InChI=1S/C21H19F3N4O2.C6H12O/c1-11-18-16(10-30-11)15-7-12(3-6-17(15)27-19(18)25)20(29)28(2)9-14-5-4-13(8-26-14)21(22,23)24;7-6-4-2-1-3-5-6/h3-8,11H,9-10H2,1-2H3,(H2,25,27);6-7H,1-5H2. The molecule has 3 heterocycles. The molecule has 1 aliphatic carbocycles. The quantitative estimate of drug-likeness (QED) is 0.483. The van der Waals surface area contributed by atoms with Gasteiger partial charge in [-0.2, -0.15) is 13.2 Å². The van der Waals surface area contributed by atoms with E-state index < -0.39 is 11.7 Å². The molecule has 0 radical (unpaired) electrons. The summed E-state index contributed by atoms with van der Waals surface area (Å²) >= 11 is 0. The Hall–Kier alpha value is -3.24. The number of benzene rings is 1. The van der Waals surface area contributed by atoms with Crippen LogP contribution in [0.25, 0.3) is 10.9 Å². The SMILES string of the molecule is CC1OCc2c1c(N)nc1ccc(C(=O)N(C)Cc3ccc(C(F)(F)F)cn3)cc21.OC1CCCCC1. The molecule has 3 aromatic rings. The van der Waals surface area contributed by atoms with Gasteiger partial charge in [0, 0.05) is 29.8 Å². The number of amides is 1. The van der Waals surface area contributed by atoms with E-state index >= 15 is 0 Å². The molecule has 2 aromatic heterocycles. The summed E-state index contributed by atoms with van der Waals surface area (Å²) in [6.07, 6.45) is 2.08. The van der Waals surface area contributed by atoms with Crippen LogP contribution in [-0.2, 0) is 24.1 Å². The fourth-order valence-corrected chi connectivity index (χ4v) is 4.70. The van der Waals surface area contributed by atoms with Crippen LogP contribution >= 0.6 is 0 Å². The van der Waals surface area contributed by atoms with Crippen LogP contribution < -0.4 is 5.73 Å². The second-order valence-electron chi connectivity index (χ2n) is 9.56. The molecule has 7 nitrogen and oxygen atoms in total. The fourth-order valence-electron chi connectivity index (χ4n) is 4.70. The van der Waals surface area contributed by atoms with Gasteiger partial charge in [-0.15, -0.1) is 0 Å². The highest BCUT2D eigenvalue weighted by Gasteiger charge is 2.31. The molecule has 0 saturated heterocycles. The lowest BCUT2D eigenvalue weighted by atomic mass is 9.98. The average Bonchev–Trinajstić information content (AvgIpc) is 3.26. The Morgan fingerprint density at radius 2 is 1.92 bits per heavy atom. The third-order valence-electron chi connectivity index (χ3n) is 6.77. The Bertz CT molecular complexity index is 1260. The summed E-state index contributed by atoms with van der Waals surface area (Å²) in [4.78, 5) is 22.5. The maximum absolute atomic E-state index is 12.9. The third kappa shape index (κ3) is 6.19. The van der Waals surface area contributed by atoms with E-state index in [1.54, 1.807) is 25.2 Å². The first kappa shape index (κ1) is 26.8. The minimum atomic E-state index is -4.45. The highest BCUT2D eigenvalue weighted by Crippen LogP contribution is 2.38. The topological polar surface area (TPSA) is 102 Å². The van der Waals surface area contributed by atoms with Gasteiger partial charge >= 0.3 is 6.18 Å². The first-order valence-corrected chi connectivity index (χ1v) is 12.3. The zero-order chi connectivity index (χ0) is 26.7. The van der Waals surface area contributed by atoms with E-state index in [9.17, 15) is 18.0 Å². The van der Waals surface area contributed by atoms with Crippen molar-refractivity contribution in [3.8, 4) is 0 Å². The summed E-state index contributed by atoms with van der Waals surface area (Å²) < 4.78 is 43.7. The van der Waals surface area contributed by atoms with Crippen molar-refractivity contribution in [2.75, 3.05) is 12.8 Å². The number of halogens is 3. The van der Waals surface area contributed by atoms with Crippen molar-refractivity contribution in [3.63, 3.8) is 0 Å². The van der Waals surface area contributed by atoms with Gasteiger partial charge in [-0.25, -0.2) is 4.98 Å². The predicted molar refractivity (Wildman–Crippen MR) is 133 cm³/mol. The van der Waals surface area contributed by atoms with Gasteiger partial charge in [-0.3, -0.25) is 9.78 Å². The van der Waals surface area contributed by atoms with E-state index in [2.05, 4.69) is 9.97 Å². The van der Waals surface area contributed by atoms with Crippen LogP contribution in [0.2, 0.25) is 0 Å². The number of aliphatic hydroxyl groups excluding tert-OH is 1. The lowest BCUT2D eigenvalue weighted by Crippen LogP contribution is -2.26. The Morgan fingerprint density at radius 1 is 1.19 bits per heavy atom. The number of hydrogen-bond donors (Lipinski definition) is 2. The summed E-state index contributed by atoms with van der Waals surface area (Å²) in [6, 6.07) is 7.36. The second-order valence-corrected chi connectivity index (χ2v) is 9.56. The summed E-state index contributed by atoms with van der Waals surface area (Å²) in [7, 11) is 1.57. The average molecular weight is 517 g/mol. The zero-order valence-electron chi connectivity index (χ0n) is 20.9. The molecule has 1 aliphatic heterocycles. The molecule has 1 saturated carbocycles. The van der Waals surface area contributed by atoms with Gasteiger partial charge in [0.1, 0.15) is 5.82 Å². The highest BCUT2D eigenvalue weighted by atomic mass is 19.4. The Balaban J connectivity index is 0.000000396. The number of anilines is 1. The smallest absolute Gasteiger partial charge is 0.393 e. The molecule has 3 N–H and O–H groups in total. The number of aromatic nitrogens is 2. The molecule has 0 bridgehead atoms. The van der Waals surface area contributed by atoms with Crippen molar-refractivity contribution in [3.05, 3.63) is 64.5 Å². The van der Waals surface area contributed by atoms with E-state index in [1.165, 1.54) is 30.2 Å². The van der Waals surface area contributed by atoms with Crippen LogP contribution in [0, 0.1) is 0 Å². The van der Waals surface area contributed by atoms with E-state index in [0.29, 0.717) is 29.2 Å². The van der Waals surface area contributed by atoms with E-state index in [0.717, 1.165) is 41.6 Å². The number of fused-ring (bicyclic) bond motifs is 3. The van der Waals surface area contributed by atoms with Crippen molar-refractivity contribution >= 4 is 22.6 Å². The van der Waals surface area contributed by atoms with Gasteiger partial charge < -0.3 is 20.5 Å². The van der Waals surface area contributed by atoms with Gasteiger partial charge in [0.15, 0.2) is 0 Å². The first-order chi connectivity index (χ1) is 17.5. The molecule has 1 fully saturated rings. The number of carbonyl (C=O) groups excluding carboxylic acids is 1. The van der Waals surface area contributed by atoms with Crippen molar-refractivity contribution < 1.29 is 27.8 Å². The number of carbonyl (C=O) groups is 1. The molecule has 37 heavy (non-hydrogen) atoms. The molecule has 1 unspecified atom stereocenters. The maximum atomic E-state index is 12.9. The van der Waals surface area contributed by atoms with Gasteiger partial charge in [0.25, 0.3) is 5.91 Å². The van der Waals surface area contributed by atoms with Crippen LogP contribution in [0.3, 0.4) is 0 Å². The second kappa shape index (κ2) is 11.0. The minimum Gasteiger partial charge on any atom is -0.393 e. The van der Waals surface area contributed by atoms with Crippen LogP contribution in [0.15, 0.2) is 36.5 Å². The molecule has 5 rings (SSSR count). The van der Waals surface area contributed by atoms with Crippen molar-refractivity contribution in [2.45, 2.75) is 70.6 Å². The molecule has 10 heteroatoms. The summed E-state index contributed by atoms with van der Waals surface area (Å²) in [5, 5.41) is 9.71. The highest BCUT2D eigenvalue weighted by molar-refractivity contribution is 5.99. The van der Waals surface area contributed by atoms with Gasteiger partial charge in [0.05, 0.1) is 42.1 Å². The summed E-state index contributed by atoms with van der Waals surface area (Å²) in [5.41, 5.74) is 8.46. The Kier molecular flexibility index (Phi) is 7.99. The summed E-state index contributed by atoms with van der Waals surface area (Å²) in [6.45, 7) is 2.37. The first-order valence-electron chi connectivity index (χ1n) is 12.3. The number of nitrogens with zero attached hydrogens (tertiary/aromatic N) is 3. The van der Waals surface area contributed by atoms with Crippen LogP contribution in [0.4, 0.5) is 19.0 Å². The number of aliphatic hydroxyl groups is 1. The Labute approximate surface area is 213 Å². The van der Waals surface area contributed by atoms with Crippen LogP contribution in [0.1, 0.15) is 77.9 Å². The lowest BCUT2D eigenvalue weighted by Gasteiger charge is -2.18. The Morgan fingerprint density at radius 3 is 2.51 bits per heavy atom. The van der Waals surface area contributed by atoms with Gasteiger partial charge in [-0.05, 0) is 55.7 Å². The number of alkyl halides is 3. The minimum absolute atomic E-state index is 0.0359. The third-order valence-corrected chi connectivity index (χ3v) is 6.77. The number of nitrogen functional groups attached to an aromatic ring is 1. The molecule has 0 spiro atoms. The zero-order valence-corrected chi connectivity index (χ0v) is 20.9. The number of pyridine rings is 2. The number of hydrogen-bond acceptors (Lipinski definition) is 6. The van der Waals surface area contributed by atoms with Crippen molar-refractivity contribution in [1.82, 2.24) is 14.9 Å². The molecule has 1 amide bonds. The molecular weight excluding hydrogens is 485 g/mol. The normalized spacial score (nSPS) is 17.7. The van der Waals surface area contributed by atoms with Gasteiger partial charge in [0.2, 0.25) is 0 Å². The predicted octanol–water partition coefficient (Wildman–Crippen LogP) is 5.41. The van der Waals surface area contributed by atoms with E-state index in [1.807, 2.05) is 6.92 Å². The van der Waals surface area contributed by atoms with Gasteiger partial charge in [-0.1, -0.05) is 19.3 Å². The van der Waals surface area contributed by atoms with E-state index in [4.69, 9.17) is 15.6 Å². The van der Waals surface area contributed by atoms with E-state index in [-0.39, 0.29) is 24.7 Å². The number of rotatable bonds is 3. The number of nitrogens with two attached hydrogens (primary N) is 1. The molecular formula is C27H31F3N4O3. The molecule has 198 valence electrons. The maximum Gasteiger partial charge on any atom is 0.417 e. The lowest BCUT2D eigenvalue weighted by molar-refractivity contribution is -0.137. The molecule has 1 aromatic carbocycles. The van der Waals surface area contributed by atoms with Crippen molar-refractivity contribution in [1.29, 1.82) is 0 Å². The molecule has 2 aliphatic rings. The van der Waals surface area contributed by atoms with Crippen molar-refractivity contribution in [2.24, 2.45) is 0 Å². The van der Waals surface area contributed by atoms with Crippen LogP contribution in [0.5, 0.6) is 0 Å². The number of ether oxygens (including phenoxy) is 1. The monoisotopic (exact) mass is 516 g/mol. The fraction of sp³-hybridized carbons (Fsp3) is 0.444.